The number of benzene rings is 1. The summed E-state index contributed by atoms with van der Waals surface area (Å²) in [6.07, 6.45) is 0. The third kappa shape index (κ3) is 2.83. The fraction of sp³-hybridized carbons (Fsp3) is 0.250. The standard InChI is InChI=1S/C8H12BNO3S/c9-7-1-3-8(4-2-7)14(12,13)10-5-6-11/h1-4,10-11H,5-6,9H2. The fourth-order valence-electron chi connectivity index (χ4n) is 0.981. The van der Waals surface area contributed by atoms with Crippen LogP contribution in [0, 0.1) is 0 Å². The van der Waals surface area contributed by atoms with E-state index in [2.05, 4.69) is 4.72 Å². The Morgan fingerprint density at radius 1 is 1.29 bits per heavy atom. The molecule has 0 aliphatic carbocycles. The van der Waals surface area contributed by atoms with E-state index in [0.717, 1.165) is 5.46 Å². The van der Waals surface area contributed by atoms with Gasteiger partial charge in [-0.05, 0) is 12.1 Å². The average Bonchev–Trinajstić information content (AvgIpc) is 2.16. The number of rotatable bonds is 4. The molecule has 0 unspecified atom stereocenters. The number of sulfonamides is 1. The molecule has 6 heteroatoms. The highest BCUT2D eigenvalue weighted by molar-refractivity contribution is 7.89. The second kappa shape index (κ2) is 4.59. The first-order valence-electron chi connectivity index (χ1n) is 4.23. The van der Waals surface area contributed by atoms with Crippen LogP contribution in [0.1, 0.15) is 0 Å². The molecule has 0 saturated heterocycles. The first-order chi connectivity index (χ1) is 6.56. The average molecular weight is 213 g/mol. The summed E-state index contributed by atoms with van der Waals surface area (Å²) in [4.78, 5) is 0.219. The van der Waals surface area contributed by atoms with Gasteiger partial charge in [-0.15, -0.1) is 0 Å². The molecule has 1 rings (SSSR count). The molecule has 0 atom stereocenters. The number of hydrogen-bond donors (Lipinski definition) is 2. The molecule has 0 spiro atoms. The van der Waals surface area contributed by atoms with Crippen LogP contribution in [0.5, 0.6) is 0 Å². The van der Waals surface area contributed by atoms with Crippen LogP contribution in [0.4, 0.5) is 0 Å². The molecule has 0 aliphatic heterocycles. The molecular formula is C8H12BNO3S. The highest BCUT2D eigenvalue weighted by atomic mass is 32.2. The first-order valence-corrected chi connectivity index (χ1v) is 5.72. The largest absolute Gasteiger partial charge is 0.395 e. The number of aliphatic hydroxyl groups excluding tert-OH is 1. The van der Waals surface area contributed by atoms with Gasteiger partial charge < -0.3 is 5.11 Å². The maximum Gasteiger partial charge on any atom is 0.240 e. The summed E-state index contributed by atoms with van der Waals surface area (Å²) in [6, 6.07) is 6.53. The Bertz CT molecular complexity index is 388. The predicted octanol–water partition coefficient (Wildman–Crippen LogP) is -1.78. The van der Waals surface area contributed by atoms with E-state index in [1.165, 1.54) is 12.1 Å². The lowest BCUT2D eigenvalue weighted by atomic mass is 9.97. The summed E-state index contributed by atoms with van der Waals surface area (Å²) >= 11 is 0. The van der Waals surface area contributed by atoms with Gasteiger partial charge in [-0.25, -0.2) is 13.1 Å². The van der Waals surface area contributed by atoms with Crippen molar-refractivity contribution in [3.8, 4) is 0 Å². The molecule has 0 saturated carbocycles. The van der Waals surface area contributed by atoms with Crippen molar-refractivity contribution >= 4 is 23.3 Å². The van der Waals surface area contributed by atoms with Crippen LogP contribution in [-0.2, 0) is 10.0 Å². The molecule has 0 fully saturated rings. The molecule has 14 heavy (non-hydrogen) atoms. The Balaban J connectivity index is 2.87. The maximum absolute atomic E-state index is 11.5. The van der Waals surface area contributed by atoms with Crippen LogP contribution in [0.3, 0.4) is 0 Å². The third-order valence-electron chi connectivity index (χ3n) is 1.74. The van der Waals surface area contributed by atoms with Crippen molar-refractivity contribution in [2.24, 2.45) is 0 Å². The fourth-order valence-corrected chi connectivity index (χ4v) is 2.00. The second-order valence-corrected chi connectivity index (χ2v) is 4.70. The maximum atomic E-state index is 11.5. The highest BCUT2D eigenvalue weighted by Gasteiger charge is 2.11. The number of hydrogen-bond acceptors (Lipinski definition) is 3. The van der Waals surface area contributed by atoms with Gasteiger partial charge in [-0.2, -0.15) is 0 Å². The van der Waals surface area contributed by atoms with E-state index < -0.39 is 10.0 Å². The minimum Gasteiger partial charge on any atom is -0.395 e. The van der Waals surface area contributed by atoms with Crippen molar-refractivity contribution < 1.29 is 13.5 Å². The van der Waals surface area contributed by atoms with Gasteiger partial charge in [0.1, 0.15) is 7.85 Å². The van der Waals surface area contributed by atoms with E-state index >= 15 is 0 Å². The van der Waals surface area contributed by atoms with Gasteiger partial charge in [-0.1, -0.05) is 17.6 Å². The lowest BCUT2D eigenvalue weighted by molar-refractivity contribution is 0.301. The minimum atomic E-state index is -3.45. The third-order valence-corrected chi connectivity index (χ3v) is 3.21. The molecule has 1 aromatic rings. The summed E-state index contributed by atoms with van der Waals surface area (Å²) in [6.45, 7) is -0.165. The normalized spacial score (nSPS) is 11.5. The zero-order valence-electron chi connectivity index (χ0n) is 7.90. The van der Waals surface area contributed by atoms with Crippen LogP contribution < -0.4 is 10.2 Å². The first kappa shape index (κ1) is 11.2. The van der Waals surface area contributed by atoms with Crippen molar-refractivity contribution in [1.29, 1.82) is 0 Å². The minimum absolute atomic E-state index is 0.0379. The lowest BCUT2D eigenvalue weighted by Gasteiger charge is -2.04. The van der Waals surface area contributed by atoms with E-state index in [0.29, 0.717) is 0 Å². The van der Waals surface area contributed by atoms with Gasteiger partial charge in [-0.3, -0.25) is 0 Å². The van der Waals surface area contributed by atoms with Gasteiger partial charge >= 0.3 is 0 Å². The second-order valence-electron chi connectivity index (χ2n) is 2.93. The van der Waals surface area contributed by atoms with Crippen molar-refractivity contribution in [3.63, 3.8) is 0 Å². The van der Waals surface area contributed by atoms with E-state index in [1.54, 1.807) is 12.1 Å². The van der Waals surface area contributed by atoms with Crippen molar-refractivity contribution in [2.75, 3.05) is 13.2 Å². The molecule has 76 valence electrons. The Morgan fingerprint density at radius 2 is 1.86 bits per heavy atom. The predicted molar refractivity (Wildman–Crippen MR) is 56.9 cm³/mol. The Labute approximate surface area is 84.4 Å². The zero-order valence-corrected chi connectivity index (χ0v) is 8.71. The van der Waals surface area contributed by atoms with Crippen LogP contribution >= 0.6 is 0 Å². The van der Waals surface area contributed by atoms with Crippen molar-refractivity contribution in [2.45, 2.75) is 4.90 Å². The summed E-state index contributed by atoms with van der Waals surface area (Å²) in [5, 5.41) is 8.49. The summed E-state index contributed by atoms with van der Waals surface area (Å²) < 4.78 is 25.2. The topological polar surface area (TPSA) is 66.4 Å². The zero-order chi connectivity index (χ0) is 10.6. The molecule has 0 bridgehead atoms. The van der Waals surface area contributed by atoms with E-state index in [9.17, 15) is 8.42 Å². The summed E-state index contributed by atoms with van der Waals surface area (Å²) in [7, 11) is -1.56. The lowest BCUT2D eigenvalue weighted by Crippen LogP contribution is -2.26. The Morgan fingerprint density at radius 3 is 2.36 bits per heavy atom. The van der Waals surface area contributed by atoms with Gasteiger partial charge in [0.05, 0.1) is 11.5 Å². The quantitative estimate of drug-likeness (QED) is 0.581. The van der Waals surface area contributed by atoms with Gasteiger partial charge in [0, 0.05) is 6.54 Å². The molecule has 0 aliphatic rings. The van der Waals surface area contributed by atoms with Gasteiger partial charge in [0.25, 0.3) is 0 Å². The molecule has 0 amide bonds. The van der Waals surface area contributed by atoms with Crippen LogP contribution in [0.15, 0.2) is 29.2 Å². The molecule has 4 nitrogen and oxygen atoms in total. The van der Waals surface area contributed by atoms with Crippen LogP contribution in [-0.4, -0.2) is 34.5 Å². The molecule has 0 aromatic heterocycles. The van der Waals surface area contributed by atoms with E-state index in [1.807, 2.05) is 7.85 Å². The molecular weight excluding hydrogens is 201 g/mol. The molecule has 0 radical (unpaired) electrons. The van der Waals surface area contributed by atoms with E-state index in [4.69, 9.17) is 5.11 Å². The van der Waals surface area contributed by atoms with Crippen molar-refractivity contribution in [1.82, 2.24) is 4.72 Å². The monoisotopic (exact) mass is 213 g/mol. The Hall–Kier alpha value is -0.845. The molecule has 1 aromatic carbocycles. The van der Waals surface area contributed by atoms with Crippen LogP contribution in [0.25, 0.3) is 0 Å². The van der Waals surface area contributed by atoms with E-state index in [-0.39, 0.29) is 18.0 Å². The number of nitrogens with one attached hydrogen (secondary N) is 1. The number of aliphatic hydroxyl groups is 1. The molecule has 2 N–H and O–H groups in total. The van der Waals surface area contributed by atoms with Gasteiger partial charge in [0.15, 0.2) is 0 Å². The SMILES string of the molecule is Bc1ccc(S(=O)(=O)NCCO)cc1. The van der Waals surface area contributed by atoms with Crippen molar-refractivity contribution in [3.05, 3.63) is 24.3 Å². The smallest absolute Gasteiger partial charge is 0.240 e. The van der Waals surface area contributed by atoms with Gasteiger partial charge in [0.2, 0.25) is 10.0 Å². The molecule has 0 heterocycles. The summed E-state index contributed by atoms with van der Waals surface area (Å²) in [5.74, 6) is 0. The Kier molecular flexibility index (Phi) is 3.68. The highest BCUT2D eigenvalue weighted by Crippen LogP contribution is 2.05. The van der Waals surface area contributed by atoms with Crippen LogP contribution in [0.2, 0.25) is 0 Å². The summed E-state index contributed by atoms with van der Waals surface area (Å²) in [5.41, 5.74) is 1.01.